The lowest BCUT2D eigenvalue weighted by Gasteiger charge is -2.34. The van der Waals surface area contributed by atoms with Crippen molar-refractivity contribution in [3.8, 4) is 0 Å². The highest BCUT2D eigenvalue weighted by molar-refractivity contribution is 6.21. The molecule has 2 nitrogen and oxygen atoms in total. The van der Waals surface area contributed by atoms with Crippen molar-refractivity contribution in [2.24, 2.45) is 5.92 Å². The lowest BCUT2D eigenvalue weighted by atomic mass is 9.97. The van der Waals surface area contributed by atoms with Crippen LogP contribution in [0.1, 0.15) is 30.0 Å². The summed E-state index contributed by atoms with van der Waals surface area (Å²) in [5.41, 5.74) is 3.53. The number of hydrogen-bond acceptors (Lipinski definition) is 1. The van der Waals surface area contributed by atoms with Crippen molar-refractivity contribution >= 4 is 17.5 Å². The minimum Gasteiger partial charge on any atom is -0.341 e. The molecular formula is C16H22ClNO. The molecule has 2 atom stereocenters. The number of alkyl halides is 1. The van der Waals surface area contributed by atoms with Crippen molar-refractivity contribution in [1.82, 2.24) is 4.90 Å². The number of rotatable bonds is 2. The Bertz CT molecular complexity index is 472. The van der Waals surface area contributed by atoms with Gasteiger partial charge < -0.3 is 4.90 Å². The molecule has 0 saturated carbocycles. The van der Waals surface area contributed by atoms with Crippen LogP contribution in [0.15, 0.2) is 18.2 Å². The Morgan fingerprint density at radius 1 is 1.42 bits per heavy atom. The maximum atomic E-state index is 12.4. The summed E-state index contributed by atoms with van der Waals surface area (Å²) in [6.45, 7) is 7.81. The van der Waals surface area contributed by atoms with E-state index in [9.17, 15) is 4.79 Å². The van der Waals surface area contributed by atoms with Crippen molar-refractivity contribution in [2.75, 3.05) is 13.1 Å². The van der Waals surface area contributed by atoms with E-state index in [-0.39, 0.29) is 11.3 Å². The summed E-state index contributed by atoms with van der Waals surface area (Å²) in [4.78, 5) is 14.3. The van der Waals surface area contributed by atoms with Crippen LogP contribution in [0.4, 0.5) is 0 Å². The van der Waals surface area contributed by atoms with Crippen molar-refractivity contribution in [3.63, 3.8) is 0 Å². The van der Waals surface area contributed by atoms with Gasteiger partial charge in [-0.1, -0.05) is 30.7 Å². The molecule has 0 aliphatic carbocycles. The first-order valence-electron chi connectivity index (χ1n) is 6.95. The summed E-state index contributed by atoms with van der Waals surface area (Å²) in [5.74, 6) is 0.706. The summed E-state index contributed by atoms with van der Waals surface area (Å²) < 4.78 is 0. The Hall–Kier alpha value is -1.02. The molecule has 1 aromatic carbocycles. The first-order chi connectivity index (χ1) is 8.97. The van der Waals surface area contributed by atoms with Gasteiger partial charge in [-0.3, -0.25) is 4.79 Å². The van der Waals surface area contributed by atoms with Crippen molar-refractivity contribution < 1.29 is 4.79 Å². The van der Waals surface area contributed by atoms with Crippen LogP contribution in [0.2, 0.25) is 0 Å². The van der Waals surface area contributed by atoms with E-state index in [2.05, 4.69) is 39.0 Å². The number of nitrogens with zero attached hydrogens (tertiary/aromatic N) is 1. The molecule has 1 heterocycles. The molecule has 0 N–H and O–H groups in total. The predicted molar refractivity (Wildman–Crippen MR) is 79.6 cm³/mol. The fourth-order valence-electron chi connectivity index (χ4n) is 2.51. The molecule has 1 fully saturated rings. The van der Waals surface area contributed by atoms with Crippen LogP contribution in [0, 0.1) is 19.8 Å². The Morgan fingerprint density at radius 2 is 2.16 bits per heavy atom. The molecule has 1 aliphatic rings. The molecule has 2 rings (SSSR count). The molecule has 1 aromatic rings. The van der Waals surface area contributed by atoms with Gasteiger partial charge in [0.25, 0.3) is 0 Å². The SMILES string of the molecule is Cc1ccc(C)c(CC(=O)N2CCC(C)C(Cl)C2)c1. The summed E-state index contributed by atoms with van der Waals surface area (Å²) in [7, 11) is 0. The van der Waals surface area contributed by atoms with Crippen LogP contribution in [0.3, 0.4) is 0 Å². The number of amides is 1. The summed E-state index contributed by atoms with van der Waals surface area (Å²) >= 11 is 6.27. The third kappa shape index (κ3) is 3.50. The third-order valence-electron chi connectivity index (χ3n) is 4.07. The molecule has 0 bridgehead atoms. The van der Waals surface area contributed by atoms with E-state index in [1.165, 1.54) is 11.1 Å². The Kier molecular flexibility index (Phi) is 4.51. The fraction of sp³-hybridized carbons (Fsp3) is 0.562. The zero-order valence-electron chi connectivity index (χ0n) is 11.9. The molecular weight excluding hydrogens is 258 g/mol. The van der Waals surface area contributed by atoms with E-state index in [4.69, 9.17) is 11.6 Å². The first-order valence-corrected chi connectivity index (χ1v) is 7.39. The minimum absolute atomic E-state index is 0.0938. The highest BCUT2D eigenvalue weighted by Gasteiger charge is 2.27. The topological polar surface area (TPSA) is 20.3 Å². The molecule has 1 amide bonds. The second-order valence-electron chi connectivity index (χ2n) is 5.73. The molecule has 104 valence electrons. The number of piperidine rings is 1. The van der Waals surface area contributed by atoms with Crippen molar-refractivity contribution in [1.29, 1.82) is 0 Å². The van der Waals surface area contributed by atoms with E-state index in [1.54, 1.807) is 0 Å². The lowest BCUT2D eigenvalue weighted by molar-refractivity contribution is -0.131. The monoisotopic (exact) mass is 279 g/mol. The number of carbonyl (C=O) groups is 1. The first kappa shape index (κ1) is 14.4. The van der Waals surface area contributed by atoms with Crippen LogP contribution in [0.5, 0.6) is 0 Å². The Balaban J connectivity index is 2.03. The summed E-state index contributed by atoms with van der Waals surface area (Å²) in [6.07, 6.45) is 1.50. The van der Waals surface area contributed by atoms with Gasteiger partial charge in [0.15, 0.2) is 0 Å². The van der Waals surface area contributed by atoms with Gasteiger partial charge in [0.05, 0.1) is 11.8 Å². The van der Waals surface area contributed by atoms with E-state index in [0.29, 0.717) is 18.9 Å². The van der Waals surface area contributed by atoms with Crippen molar-refractivity contribution in [3.05, 3.63) is 34.9 Å². The number of benzene rings is 1. The van der Waals surface area contributed by atoms with Crippen LogP contribution >= 0.6 is 11.6 Å². The van der Waals surface area contributed by atoms with Gasteiger partial charge in [-0.15, -0.1) is 11.6 Å². The van der Waals surface area contributed by atoms with E-state index in [0.717, 1.165) is 18.5 Å². The Labute approximate surface area is 120 Å². The number of halogens is 1. The highest BCUT2D eigenvalue weighted by atomic mass is 35.5. The van der Waals surface area contributed by atoms with E-state index in [1.807, 2.05) is 4.90 Å². The molecule has 1 aliphatic heterocycles. The molecule has 19 heavy (non-hydrogen) atoms. The molecule has 0 radical (unpaired) electrons. The second kappa shape index (κ2) is 5.96. The lowest BCUT2D eigenvalue weighted by Crippen LogP contribution is -2.44. The molecule has 3 heteroatoms. The Morgan fingerprint density at radius 3 is 2.84 bits per heavy atom. The zero-order valence-corrected chi connectivity index (χ0v) is 12.7. The average molecular weight is 280 g/mol. The van der Waals surface area contributed by atoms with Crippen molar-refractivity contribution in [2.45, 2.75) is 39.0 Å². The normalized spacial score (nSPS) is 23.5. The maximum Gasteiger partial charge on any atom is 0.227 e. The summed E-state index contributed by atoms with van der Waals surface area (Å²) in [5, 5.41) is 0.0938. The van der Waals surface area contributed by atoms with Gasteiger partial charge in [0, 0.05) is 13.1 Å². The second-order valence-corrected chi connectivity index (χ2v) is 6.29. The quantitative estimate of drug-likeness (QED) is 0.761. The average Bonchev–Trinajstić information content (AvgIpc) is 2.37. The number of carbonyl (C=O) groups excluding carboxylic acids is 1. The fourth-order valence-corrected chi connectivity index (χ4v) is 2.81. The standard InChI is InChI=1S/C16H22ClNO/c1-11-4-5-12(2)14(8-11)9-16(19)18-7-6-13(3)15(17)10-18/h4-5,8,13,15H,6-7,9-10H2,1-3H3. The summed E-state index contributed by atoms with van der Waals surface area (Å²) in [6, 6.07) is 6.28. The van der Waals surface area contributed by atoms with Gasteiger partial charge in [-0.25, -0.2) is 0 Å². The van der Waals surface area contributed by atoms with Crippen LogP contribution < -0.4 is 0 Å². The van der Waals surface area contributed by atoms with E-state index >= 15 is 0 Å². The minimum atomic E-state index is 0.0938. The molecule has 2 unspecified atom stereocenters. The smallest absolute Gasteiger partial charge is 0.227 e. The zero-order chi connectivity index (χ0) is 14.0. The largest absolute Gasteiger partial charge is 0.341 e. The number of hydrogen-bond donors (Lipinski definition) is 0. The third-order valence-corrected chi connectivity index (χ3v) is 4.63. The van der Waals surface area contributed by atoms with Gasteiger partial charge in [0.1, 0.15) is 0 Å². The number of likely N-dealkylation sites (tertiary alicyclic amines) is 1. The van der Waals surface area contributed by atoms with Gasteiger partial charge in [0.2, 0.25) is 5.91 Å². The van der Waals surface area contributed by atoms with Gasteiger partial charge >= 0.3 is 0 Å². The molecule has 1 saturated heterocycles. The van der Waals surface area contributed by atoms with Crippen LogP contribution in [-0.4, -0.2) is 29.3 Å². The molecule has 0 aromatic heterocycles. The van der Waals surface area contributed by atoms with Crippen LogP contribution in [0.25, 0.3) is 0 Å². The highest BCUT2D eigenvalue weighted by Crippen LogP contribution is 2.22. The maximum absolute atomic E-state index is 12.4. The van der Waals surface area contributed by atoms with Gasteiger partial charge in [-0.2, -0.15) is 0 Å². The number of aryl methyl sites for hydroxylation is 2. The predicted octanol–water partition coefficient (Wildman–Crippen LogP) is 3.32. The van der Waals surface area contributed by atoms with Gasteiger partial charge in [-0.05, 0) is 37.3 Å². The van der Waals surface area contributed by atoms with Crippen LogP contribution in [-0.2, 0) is 11.2 Å². The molecule has 0 spiro atoms. The van der Waals surface area contributed by atoms with E-state index < -0.39 is 0 Å².